The highest BCUT2D eigenvalue weighted by molar-refractivity contribution is 7.93. The predicted molar refractivity (Wildman–Crippen MR) is 111 cm³/mol. The van der Waals surface area contributed by atoms with E-state index in [9.17, 15) is 26.4 Å². The van der Waals surface area contributed by atoms with Crippen LogP contribution in [0.3, 0.4) is 0 Å². The van der Waals surface area contributed by atoms with Gasteiger partial charge in [-0.25, -0.2) is 31.4 Å². The highest BCUT2D eigenvalue weighted by Gasteiger charge is 2.30. The van der Waals surface area contributed by atoms with Crippen LogP contribution < -0.4 is 10.5 Å². The van der Waals surface area contributed by atoms with Crippen LogP contribution in [0, 0.1) is 17.5 Å². The number of nitrogens with one attached hydrogen (secondary N) is 1. The second kappa shape index (κ2) is 7.48. The minimum Gasteiger partial charge on any atom is -0.408 e. The number of halogens is 3. The minimum absolute atomic E-state index is 0.0109. The maximum absolute atomic E-state index is 14.9. The molecule has 12 heteroatoms. The third-order valence-electron chi connectivity index (χ3n) is 5.38. The summed E-state index contributed by atoms with van der Waals surface area (Å²) >= 11 is 1.01. The van der Waals surface area contributed by atoms with Gasteiger partial charge in [-0.1, -0.05) is 0 Å². The topological polar surface area (TPSA) is 94.2 Å². The third kappa shape index (κ3) is 3.39. The summed E-state index contributed by atoms with van der Waals surface area (Å²) in [6.45, 7) is 0. The van der Waals surface area contributed by atoms with E-state index in [1.807, 2.05) is 0 Å². The van der Waals surface area contributed by atoms with E-state index >= 15 is 0 Å². The Morgan fingerprint density at radius 3 is 2.72 bits per heavy atom. The second-order valence-electron chi connectivity index (χ2n) is 7.29. The van der Waals surface area contributed by atoms with Gasteiger partial charge < -0.3 is 4.42 Å². The van der Waals surface area contributed by atoms with E-state index in [1.165, 1.54) is 6.20 Å². The lowest BCUT2D eigenvalue weighted by Gasteiger charge is -2.26. The maximum Gasteiger partial charge on any atom is 0.420 e. The van der Waals surface area contributed by atoms with Crippen LogP contribution in [-0.2, 0) is 16.4 Å². The van der Waals surface area contributed by atoms with Crippen molar-refractivity contribution in [3.63, 3.8) is 0 Å². The van der Waals surface area contributed by atoms with Crippen molar-refractivity contribution >= 4 is 37.6 Å². The Balaban J connectivity index is 1.65. The molecule has 0 saturated carbocycles. The fourth-order valence-corrected chi connectivity index (χ4v) is 5.93. The predicted octanol–water partition coefficient (Wildman–Crippen LogP) is 4.19. The molecular weight excluding hydrogens is 467 g/mol. The minimum atomic E-state index is -4.34. The Morgan fingerprint density at radius 2 is 1.97 bits per heavy atom. The average molecular weight is 481 g/mol. The molecule has 2 aromatic heterocycles. The van der Waals surface area contributed by atoms with Crippen LogP contribution in [0.1, 0.15) is 30.0 Å². The Morgan fingerprint density at radius 1 is 1.16 bits per heavy atom. The van der Waals surface area contributed by atoms with Gasteiger partial charge in [0.25, 0.3) is 10.0 Å². The lowest BCUT2D eigenvalue weighted by atomic mass is 9.87. The van der Waals surface area contributed by atoms with Gasteiger partial charge in [-0.05, 0) is 36.5 Å². The van der Waals surface area contributed by atoms with E-state index < -0.39 is 44.2 Å². The van der Waals surface area contributed by atoms with Crippen LogP contribution in [-0.4, -0.2) is 18.0 Å². The number of rotatable bonds is 4. The second-order valence-corrected chi connectivity index (χ2v) is 9.84. The molecule has 2 aromatic carbocycles. The van der Waals surface area contributed by atoms with Crippen molar-refractivity contribution in [2.45, 2.75) is 30.2 Å². The van der Waals surface area contributed by atoms with Crippen molar-refractivity contribution in [1.29, 1.82) is 0 Å². The molecule has 4 aromatic rings. The molecule has 0 radical (unpaired) electrons. The first-order valence-electron chi connectivity index (χ1n) is 9.49. The Kier molecular flexibility index (Phi) is 4.86. The Labute approximate surface area is 183 Å². The van der Waals surface area contributed by atoms with E-state index in [1.54, 1.807) is 5.38 Å². The van der Waals surface area contributed by atoms with E-state index in [0.717, 1.165) is 40.2 Å². The van der Waals surface area contributed by atoms with Crippen LogP contribution in [0.25, 0.3) is 11.1 Å². The quantitative estimate of drug-likeness (QED) is 0.472. The summed E-state index contributed by atoms with van der Waals surface area (Å²) in [5.74, 6) is -3.50. The number of oxazole rings is 1. The van der Waals surface area contributed by atoms with Gasteiger partial charge in [-0.2, -0.15) is 0 Å². The highest BCUT2D eigenvalue weighted by atomic mass is 32.2. The van der Waals surface area contributed by atoms with Gasteiger partial charge in [0.15, 0.2) is 10.7 Å². The number of benzene rings is 2. The number of hydrogen-bond acceptors (Lipinski definition) is 6. The van der Waals surface area contributed by atoms with Crippen molar-refractivity contribution in [1.82, 2.24) is 9.55 Å². The molecular formula is C20H14F3N3O4S2. The summed E-state index contributed by atoms with van der Waals surface area (Å²) < 4.78 is 76.8. The average Bonchev–Trinajstić information content (AvgIpc) is 3.33. The first-order chi connectivity index (χ1) is 15.2. The van der Waals surface area contributed by atoms with Crippen molar-refractivity contribution in [2.75, 3.05) is 4.72 Å². The normalized spacial score (nSPS) is 16.3. The van der Waals surface area contributed by atoms with Gasteiger partial charge in [0.1, 0.15) is 22.3 Å². The molecule has 5 rings (SSSR count). The molecule has 0 fully saturated rings. The number of sulfonamides is 1. The van der Waals surface area contributed by atoms with Gasteiger partial charge in [-0.15, -0.1) is 11.3 Å². The first-order valence-corrected chi connectivity index (χ1v) is 11.9. The lowest BCUT2D eigenvalue weighted by molar-refractivity contribution is 0.427. The standard InChI is InChI=1S/C20H14F3N3O4S2/c21-10-6-12-11(13(22)7-10)2-1-3-15(12)26-16-8-14(23)18(9-17(16)30-20(26)27)32(28,29)25-19-24-4-5-31-19/h4-9,15H,1-3H2,(H,24,25). The number of anilines is 1. The number of aromatic nitrogens is 2. The van der Waals surface area contributed by atoms with Crippen molar-refractivity contribution < 1.29 is 26.0 Å². The number of thiazole rings is 1. The molecule has 0 saturated heterocycles. The molecule has 0 bridgehead atoms. The van der Waals surface area contributed by atoms with E-state index in [2.05, 4.69) is 9.71 Å². The molecule has 1 aliphatic carbocycles. The fourth-order valence-electron chi connectivity index (χ4n) is 4.06. The van der Waals surface area contributed by atoms with Crippen LogP contribution in [0.15, 0.2) is 49.9 Å². The summed E-state index contributed by atoms with van der Waals surface area (Å²) in [5, 5.41) is 1.59. The van der Waals surface area contributed by atoms with Crippen LogP contribution in [0.2, 0.25) is 0 Å². The van der Waals surface area contributed by atoms with Crippen LogP contribution in [0.5, 0.6) is 0 Å². The monoisotopic (exact) mass is 481 g/mol. The summed E-state index contributed by atoms with van der Waals surface area (Å²) in [7, 11) is -4.34. The third-order valence-corrected chi connectivity index (χ3v) is 7.55. The molecule has 32 heavy (non-hydrogen) atoms. The molecule has 2 heterocycles. The lowest BCUT2D eigenvalue weighted by Crippen LogP contribution is -2.25. The van der Waals surface area contributed by atoms with Crippen LogP contribution >= 0.6 is 11.3 Å². The molecule has 1 N–H and O–H groups in total. The van der Waals surface area contributed by atoms with Gasteiger partial charge in [0.05, 0.1) is 11.6 Å². The Bertz CT molecular complexity index is 1510. The van der Waals surface area contributed by atoms with E-state index in [4.69, 9.17) is 4.42 Å². The smallest absolute Gasteiger partial charge is 0.408 e. The first kappa shape index (κ1) is 20.8. The van der Waals surface area contributed by atoms with Gasteiger partial charge in [-0.3, -0.25) is 9.29 Å². The summed E-state index contributed by atoms with van der Waals surface area (Å²) in [6.07, 6.45) is 2.65. The molecule has 1 atom stereocenters. The summed E-state index contributed by atoms with van der Waals surface area (Å²) in [4.78, 5) is 15.7. The van der Waals surface area contributed by atoms with E-state index in [0.29, 0.717) is 19.3 Å². The molecule has 1 unspecified atom stereocenters. The molecule has 166 valence electrons. The zero-order valence-corrected chi connectivity index (χ0v) is 17.8. The Hall–Kier alpha value is -3.12. The highest BCUT2D eigenvalue weighted by Crippen LogP contribution is 2.36. The molecule has 0 amide bonds. The van der Waals surface area contributed by atoms with Gasteiger partial charge in [0.2, 0.25) is 0 Å². The van der Waals surface area contributed by atoms with Crippen molar-refractivity contribution in [3.8, 4) is 0 Å². The molecule has 0 spiro atoms. The fraction of sp³-hybridized carbons (Fsp3) is 0.200. The van der Waals surface area contributed by atoms with Gasteiger partial charge >= 0.3 is 5.76 Å². The zero-order chi connectivity index (χ0) is 22.6. The van der Waals surface area contributed by atoms with E-state index in [-0.39, 0.29) is 27.4 Å². The number of fused-ring (bicyclic) bond motifs is 2. The number of nitrogens with zero attached hydrogens (tertiary/aromatic N) is 2. The van der Waals surface area contributed by atoms with Crippen molar-refractivity contribution in [3.05, 3.63) is 75.0 Å². The molecule has 7 nitrogen and oxygen atoms in total. The molecule has 0 aliphatic heterocycles. The summed E-state index contributed by atoms with van der Waals surface area (Å²) in [5.41, 5.74) is 0.389. The zero-order valence-electron chi connectivity index (χ0n) is 16.1. The molecule has 1 aliphatic rings. The maximum atomic E-state index is 14.9. The largest absolute Gasteiger partial charge is 0.420 e. The van der Waals surface area contributed by atoms with Gasteiger partial charge in [0, 0.05) is 29.8 Å². The number of hydrogen-bond donors (Lipinski definition) is 1. The van der Waals surface area contributed by atoms with Crippen molar-refractivity contribution in [2.24, 2.45) is 0 Å². The summed E-state index contributed by atoms with van der Waals surface area (Å²) in [6, 6.07) is 2.94. The SMILES string of the molecule is O=c1oc2cc(S(=O)(=O)Nc3nccs3)c(F)cc2n1C1CCCc2c(F)cc(F)cc21. The van der Waals surface area contributed by atoms with Crippen LogP contribution in [0.4, 0.5) is 18.3 Å².